The van der Waals surface area contributed by atoms with Gasteiger partial charge < -0.3 is 5.32 Å². The van der Waals surface area contributed by atoms with E-state index < -0.39 is 10.8 Å². The Kier molecular flexibility index (Phi) is 2.48. The lowest BCUT2D eigenvalue weighted by Crippen LogP contribution is -2.52. The summed E-state index contributed by atoms with van der Waals surface area (Å²) in [6.45, 7) is 0. The van der Waals surface area contributed by atoms with Crippen molar-refractivity contribution in [1.82, 2.24) is 15.3 Å². The summed E-state index contributed by atoms with van der Waals surface area (Å²) in [6.07, 6.45) is 8.42. The van der Waals surface area contributed by atoms with Gasteiger partial charge in [0.1, 0.15) is 0 Å². The molecular formula is C72H11N3. The molecule has 5 aliphatic rings. The van der Waals surface area contributed by atoms with Crippen molar-refractivity contribution in [2.75, 3.05) is 0 Å². The first-order chi connectivity index (χ1) is 37.4. The normalized spacial score (nSPS) is 23.8. The summed E-state index contributed by atoms with van der Waals surface area (Å²) in [6, 6.07) is 9.60. The number of hydrogen-bond acceptors (Lipinski definition) is 3. The molecule has 0 radical (unpaired) electrons. The van der Waals surface area contributed by atoms with Crippen LogP contribution in [0.1, 0.15) is 45.5 Å². The third-order valence-electron chi connectivity index (χ3n) is 26.7. The molecule has 2 aromatic heterocycles. The summed E-state index contributed by atoms with van der Waals surface area (Å²) in [5.74, 6) is 0. The van der Waals surface area contributed by atoms with Gasteiger partial charge in [0.25, 0.3) is 0 Å². The van der Waals surface area contributed by atoms with E-state index in [2.05, 4.69) is 49.1 Å². The molecular weight excluding hydrogens is 907 g/mol. The quantitative estimate of drug-likeness (QED) is 0.176. The Morgan fingerprint density at radius 3 is 0.480 bits per heavy atom. The molecule has 28 aromatic carbocycles. The van der Waals surface area contributed by atoms with Crippen molar-refractivity contribution >= 4 is 291 Å². The molecule has 3 heterocycles. The molecule has 4 aliphatic carbocycles. The highest BCUT2D eigenvalue weighted by Crippen LogP contribution is 2.88. The van der Waals surface area contributed by atoms with Crippen molar-refractivity contribution < 1.29 is 0 Å². The third kappa shape index (κ3) is 1.56. The standard InChI is InChI=1S/C72H11N3/c1-5-73-6-2-9(1)69-71-65-57-49-39-29-21-13-11-12-15-19-17(13)25-33-27(19)37-31-23(15)24-16(12)20-18-14(11)22(21)30-36-26(18)34-28(20)38-32(24)42-41(31)51-45(37)55-47(33)53(43(49)35(25)29)61(65)63(55)67-59(51)60-52(42)46(38)56-48(34)54-44(36)50(40(30)39)58(57)66(71)62(54)64(56)68(60)72(67,71)70(75-69)10-3-7-74-8-4-10/h1-8,69-70,75H/t69-,70+,71?,72?. The molecule has 2 atom stereocenters. The molecule has 2 spiro atoms. The number of rotatable bonds is 2. The van der Waals surface area contributed by atoms with Gasteiger partial charge in [0.15, 0.2) is 0 Å². The first-order valence-electron chi connectivity index (χ1n) is 27.8. The Labute approximate surface area is 409 Å². The molecule has 314 valence electrons. The van der Waals surface area contributed by atoms with Gasteiger partial charge >= 0.3 is 0 Å². The van der Waals surface area contributed by atoms with Crippen molar-refractivity contribution in [3.63, 3.8) is 0 Å². The molecule has 1 N–H and O–H groups in total. The van der Waals surface area contributed by atoms with Gasteiger partial charge in [0, 0.05) is 36.9 Å². The summed E-state index contributed by atoms with van der Waals surface area (Å²) >= 11 is 0. The molecule has 1 aliphatic heterocycles. The first kappa shape index (κ1) is 28.2. The lowest BCUT2D eigenvalue weighted by atomic mass is 9.45. The van der Waals surface area contributed by atoms with Crippen LogP contribution in [0.2, 0.25) is 0 Å². The van der Waals surface area contributed by atoms with Gasteiger partial charge in [-0.25, -0.2) is 0 Å². The number of pyridine rings is 2. The summed E-state index contributed by atoms with van der Waals surface area (Å²) in [5, 5.41) is 93.4. The predicted octanol–water partition coefficient (Wildman–Crippen LogP) is 18.2. The first-order valence-corrected chi connectivity index (χ1v) is 27.8. The molecule has 0 unspecified atom stereocenters. The number of nitrogens with one attached hydrogen (secondary N) is 1. The van der Waals surface area contributed by atoms with Crippen LogP contribution < -0.4 is 5.32 Å². The second-order valence-electron chi connectivity index (χ2n) is 27.0. The van der Waals surface area contributed by atoms with Crippen LogP contribution in [0, 0.1) is 0 Å². The molecule has 30 aromatic rings. The minimum absolute atomic E-state index is 0.0191. The van der Waals surface area contributed by atoms with E-state index >= 15 is 0 Å². The van der Waals surface area contributed by atoms with Crippen LogP contribution in [-0.2, 0) is 10.8 Å². The van der Waals surface area contributed by atoms with Gasteiger partial charge in [0.2, 0.25) is 0 Å². The lowest BCUT2D eigenvalue weighted by Gasteiger charge is -2.53. The minimum Gasteiger partial charge on any atom is -0.301 e. The summed E-state index contributed by atoms with van der Waals surface area (Å²) in [4.78, 5) is 9.61. The maximum Gasteiger partial charge on any atom is 0.0579 e. The van der Waals surface area contributed by atoms with Gasteiger partial charge in [-0.2, -0.15) is 0 Å². The second kappa shape index (κ2) is 6.59. The van der Waals surface area contributed by atoms with Crippen molar-refractivity contribution in [3.05, 3.63) is 82.4 Å². The van der Waals surface area contributed by atoms with Gasteiger partial charge in [-0.3, -0.25) is 9.97 Å². The van der Waals surface area contributed by atoms with E-state index in [9.17, 15) is 0 Å². The fourth-order valence-corrected chi connectivity index (χ4v) is 26.6. The maximum absolute atomic E-state index is 4.85. The number of nitrogens with zero attached hydrogens (tertiary/aromatic N) is 2. The summed E-state index contributed by atoms with van der Waals surface area (Å²) < 4.78 is 0. The van der Waals surface area contributed by atoms with Crippen LogP contribution in [0.25, 0.3) is 291 Å². The van der Waals surface area contributed by atoms with E-state index in [1.165, 1.54) is 11.1 Å². The molecule has 3 nitrogen and oxygen atoms in total. The minimum atomic E-state index is -0.465. The molecule has 0 amide bonds. The van der Waals surface area contributed by atoms with Crippen molar-refractivity contribution in [1.29, 1.82) is 0 Å². The van der Waals surface area contributed by atoms with Crippen molar-refractivity contribution in [2.45, 2.75) is 22.9 Å². The average Bonchev–Trinajstić information content (AvgIpc) is 2.51. The highest BCUT2D eigenvalue weighted by molar-refractivity contribution is 6.82. The highest BCUT2D eigenvalue weighted by Gasteiger charge is 2.77. The Balaban J connectivity index is 1.14. The summed E-state index contributed by atoms with van der Waals surface area (Å²) in [7, 11) is 0. The van der Waals surface area contributed by atoms with Crippen molar-refractivity contribution in [2.24, 2.45) is 0 Å². The highest BCUT2D eigenvalue weighted by atomic mass is 15.1. The maximum atomic E-state index is 4.85. The monoisotopic (exact) mass is 917 g/mol. The molecule has 1 saturated heterocycles. The summed E-state index contributed by atoms with van der Waals surface area (Å²) in [5.41, 5.74) is 8.61. The largest absolute Gasteiger partial charge is 0.301 e. The molecule has 75 heavy (non-hydrogen) atoms. The van der Waals surface area contributed by atoms with Gasteiger partial charge in [-0.05, 0) is 349 Å². The molecule has 0 bridgehead atoms. The SMILES string of the molecule is c1cc([C@H]2N[C@@H](c3ccncc3)C34c5c6c7c8c9c%10c(c%11c%12c3c3c5c5c%13c6c6c7c7c9c9c%14c%10c%10c%11c%11c%12c%12c3c3c5c5c%13c%13c6c6c7c9c7c9c%14c%10c%10c%11c%11c%12c3c3c5c5c%13c6c7c6c9c%10c%11c3c56)C824)ccn1. The van der Waals surface area contributed by atoms with Gasteiger partial charge in [-0.15, -0.1) is 0 Å². The molecule has 1 fully saturated rings. The second-order valence-corrected chi connectivity index (χ2v) is 27.0. The fraction of sp³-hybridized carbons (Fsp3) is 0.0556. The number of benzene rings is 18. The van der Waals surface area contributed by atoms with E-state index in [1.54, 1.807) is 313 Å². The predicted molar refractivity (Wildman–Crippen MR) is 311 cm³/mol. The van der Waals surface area contributed by atoms with E-state index in [0.717, 1.165) is 0 Å². The zero-order valence-corrected chi connectivity index (χ0v) is 38.2. The van der Waals surface area contributed by atoms with E-state index in [-0.39, 0.29) is 12.1 Å². The van der Waals surface area contributed by atoms with Crippen LogP contribution in [0.5, 0.6) is 0 Å². The van der Waals surface area contributed by atoms with Crippen LogP contribution in [0.15, 0.2) is 49.1 Å². The average molecular weight is 918 g/mol. The molecule has 0 saturated carbocycles. The Morgan fingerprint density at radius 2 is 0.333 bits per heavy atom. The Bertz CT molecular complexity index is 7110. The van der Waals surface area contributed by atoms with Gasteiger partial charge in [0.05, 0.1) is 10.8 Å². The van der Waals surface area contributed by atoms with E-state index in [0.29, 0.717) is 0 Å². The van der Waals surface area contributed by atoms with Crippen molar-refractivity contribution in [3.8, 4) is 0 Å². The van der Waals surface area contributed by atoms with E-state index in [1.807, 2.05) is 0 Å². The zero-order chi connectivity index (χ0) is 44.6. The fourth-order valence-electron chi connectivity index (χ4n) is 26.6. The Morgan fingerprint density at radius 1 is 0.200 bits per heavy atom. The molecule has 35 rings (SSSR count). The smallest absolute Gasteiger partial charge is 0.0579 e. The topological polar surface area (TPSA) is 37.8 Å². The zero-order valence-electron chi connectivity index (χ0n) is 38.2. The lowest BCUT2D eigenvalue weighted by molar-refractivity contribution is 0.334. The van der Waals surface area contributed by atoms with Crippen LogP contribution in [-0.4, -0.2) is 9.97 Å². The third-order valence-corrected chi connectivity index (χ3v) is 26.7. The van der Waals surface area contributed by atoms with Crippen LogP contribution in [0.4, 0.5) is 0 Å². The Hall–Kier alpha value is -9.28. The number of hydrogen-bond donors (Lipinski definition) is 1. The van der Waals surface area contributed by atoms with Crippen LogP contribution >= 0.6 is 0 Å². The van der Waals surface area contributed by atoms with Gasteiger partial charge in [-0.1, -0.05) is 0 Å². The number of aromatic nitrogens is 2. The molecule has 3 heteroatoms. The van der Waals surface area contributed by atoms with Crippen LogP contribution in [0.3, 0.4) is 0 Å². The van der Waals surface area contributed by atoms with E-state index in [4.69, 9.17) is 15.3 Å².